The lowest BCUT2D eigenvalue weighted by Crippen LogP contribution is -2.54. The van der Waals surface area contributed by atoms with Crippen molar-refractivity contribution in [2.45, 2.75) is 63.2 Å². The Labute approximate surface area is 125 Å². The zero-order valence-electron chi connectivity index (χ0n) is 13.0. The van der Waals surface area contributed by atoms with Gasteiger partial charge in [0.05, 0.1) is 0 Å². The molecule has 2 aliphatic heterocycles. The molecular weight excluding hydrogens is 279 g/mol. The molecule has 0 amide bonds. The summed E-state index contributed by atoms with van der Waals surface area (Å²) in [6, 6.07) is 0.570. The zero-order chi connectivity index (χ0) is 15.5. The van der Waals surface area contributed by atoms with Crippen LogP contribution in [0.2, 0.25) is 0 Å². The summed E-state index contributed by atoms with van der Waals surface area (Å²) in [5.74, 6) is 0. The molecule has 0 bridgehead atoms. The maximum absolute atomic E-state index is 12.4. The molecular formula is C15H28F3N3. The van der Waals surface area contributed by atoms with E-state index in [9.17, 15) is 13.2 Å². The number of rotatable bonds is 5. The SMILES string of the molecule is CC(CN)(CCCC(F)(F)F)N1CCCN2CCCC2C1. The van der Waals surface area contributed by atoms with Gasteiger partial charge in [-0.25, -0.2) is 0 Å². The quantitative estimate of drug-likeness (QED) is 0.847. The van der Waals surface area contributed by atoms with Crippen molar-refractivity contribution >= 4 is 0 Å². The number of halogens is 3. The van der Waals surface area contributed by atoms with Gasteiger partial charge in [-0.3, -0.25) is 9.80 Å². The van der Waals surface area contributed by atoms with E-state index < -0.39 is 12.6 Å². The van der Waals surface area contributed by atoms with E-state index >= 15 is 0 Å². The first-order valence-corrected chi connectivity index (χ1v) is 8.10. The molecule has 21 heavy (non-hydrogen) atoms. The summed E-state index contributed by atoms with van der Waals surface area (Å²) in [6.07, 6.45) is -0.530. The van der Waals surface area contributed by atoms with Crippen LogP contribution in [0.1, 0.15) is 45.4 Å². The highest BCUT2D eigenvalue weighted by Gasteiger charge is 2.37. The van der Waals surface area contributed by atoms with Gasteiger partial charge in [0.1, 0.15) is 0 Å². The highest BCUT2D eigenvalue weighted by molar-refractivity contribution is 4.93. The molecule has 2 heterocycles. The molecule has 0 aromatic carbocycles. The van der Waals surface area contributed by atoms with Crippen molar-refractivity contribution in [2.24, 2.45) is 5.73 Å². The molecule has 2 aliphatic rings. The molecule has 0 aromatic rings. The predicted molar refractivity (Wildman–Crippen MR) is 78.2 cm³/mol. The normalized spacial score (nSPS) is 28.1. The Morgan fingerprint density at radius 1 is 1.10 bits per heavy atom. The first-order valence-electron chi connectivity index (χ1n) is 8.10. The van der Waals surface area contributed by atoms with Gasteiger partial charge in [0, 0.05) is 37.6 Å². The lowest BCUT2D eigenvalue weighted by Gasteiger charge is -2.41. The summed E-state index contributed by atoms with van der Waals surface area (Å²) in [4.78, 5) is 4.89. The van der Waals surface area contributed by atoms with Crippen LogP contribution < -0.4 is 5.73 Å². The number of fused-ring (bicyclic) bond motifs is 1. The Morgan fingerprint density at radius 2 is 1.81 bits per heavy atom. The summed E-state index contributed by atoms with van der Waals surface area (Å²) in [5.41, 5.74) is 5.64. The molecule has 6 heteroatoms. The van der Waals surface area contributed by atoms with Gasteiger partial charge in [-0.15, -0.1) is 0 Å². The van der Waals surface area contributed by atoms with Gasteiger partial charge in [0.2, 0.25) is 0 Å². The standard InChI is InChI=1S/C15H28F3N3/c1-14(12-19,6-3-7-15(16,17)18)21-10-4-9-20-8-2-5-13(20)11-21/h13H,2-12,19H2,1H3. The van der Waals surface area contributed by atoms with E-state index in [0.29, 0.717) is 19.0 Å². The Kier molecular flexibility index (Phi) is 5.54. The van der Waals surface area contributed by atoms with Crippen molar-refractivity contribution in [1.82, 2.24) is 9.80 Å². The second-order valence-electron chi connectivity index (χ2n) is 6.80. The van der Waals surface area contributed by atoms with Crippen molar-refractivity contribution in [2.75, 3.05) is 32.7 Å². The van der Waals surface area contributed by atoms with Gasteiger partial charge in [-0.05, 0) is 52.1 Å². The molecule has 0 saturated carbocycles. The third kappa shape index (κ3) is 4.57. The average molecular weight is 307 g/mol. The van der Waals surface area contributed by atoms with Crippen LogP contribution in [0.3, 0.4) is 0 Å². The van der Waals surface area contributed by atoms with Crippen LogP contribution in [-0.4, -0.2) is 60.3 Å². The van der Waals surface area contributed by atoms with Crippen LogP contribution in [0, 0.1) is 0 Å². The highest BCUT2D eigenvalue weighted by Crippen LogP contribution is 2.30. The van der Waals surface area contributed by atoms with E-state index in [1.165, 1.54) is 19.4 Å². The Bertz CT molecular complexity index is 335. The van der Waals surface area contributed by atoms with Crippen molar-refractivity contribution in [3.63, 3.8) is 0 Å². The summed E-state index contributed by atoms with van der Waals surface area (Å²) >= 11 is 0. The lowest BCUT2D eigenvalue weighted by molar-refractivity contribution is -0.136. The molecule has 3 nitrogen and oxygen atoms in total. The van der Waals surface area contributed by atoms with Gasteiger partial charge < -0.3 is 5.73 Å². The minimum atomic E-state index is -4.06. The van der Waals surface area contributed by atoms with E-state index in [1.807, 2.05) is 6.92 Å². The largest absolute Gasteiger partial charge is 0.389 e. The first-order chi connectivity index (χ1) is 9.84. The van der Waals surface area contributed by atoms with Crippen molar-refractivity contribution < 1.29 is 13.2 Å². The van der Waals surface area contributed by atoms with E-state index in [2.05, 4.69) is 9.80 Å². The summed E-state index contributed by atoms with van der Waals surface area (Å²) < 4.78 is 37.1. The lowest BCUT2D eigenvalue weighted by atomic mass is 9.91. The molecule has 124 valence electrons. The van der Waals surface area contributed by atoms with Crippen molar-refractivity contribution in [1.29, 1.82) is 0 Å². The molecule has 2 unspecified atom stereocenters. The fraction of sp³-hybridized carbons (Fsp3) is 1.00. The minimum Gasteiger partial charge on any atom is -0.329 e. The van der Waals surface area contributed by atoms with Crippen LogP contribution in [0.25, 0.3) is 0 Å². The van der Waals surface area contributed by atoms with Crippen LogP contribution >= 0.6 is 0 Å². The molecule has 0 aromatic heterocycles. The summed E-state index contributed by atoms with van der Waals surface area (Å²) in [5, 5.41) is 0. The molecule has 0 spiro atoms. The van der Waals surface area contributed by atoms with Crippen LogP contribution in [-0.2, 0) is 0 Å². The zero-order valence-corrected chi connectivity index (χ0v) is 13.0. The number of nitrogens with two attached hydrogens (primary N) is 1. The number of hydrogen-bond donors (Lipinski definition) is 1. The first kappa shape index (κ1) is 17.0. The van der Waals surface area contributed by atoms with Crippen LogP contribution in [0.5, 0.6) is 0 Å². The highest BCUT2D eigenvalue weighted by atomic mass is 19.4. The number of nitrogens with zero attached hydrogens (tertiary/aromatic N) is 2. The Hall–Kier alpha value is -0.330. The molecule has 2 atom stereocenters. The van der Waals surface area contributed by atoms with E-state index in [4.69, 9.17) is 5.73 Å². The molecule has 2 saturated heterocycles. The topological polar surface area (TPSA) is 32.5 Å². The molecule has 0 aliphatic carbocycles. The van der Waals surface area contributed by atoms with E-state index in [1.54, 1.807) is 0 Å². The van der Waals surface area contributed by atoms with Crippen molar-refractivity contribution in [3.8, 4) is 0 Å². The second-order valence-corrected chi connectivity index (χ2v) is 6.80. The van der Waals surface area contributed by atoms with E-state index in [0.717, 1.165) is 26.1 Å². The minimum absolute atomic E-state index is 0.169. The monoisotopic (exact) mass is 307 g/mol. The predicted octanol–water partition coefficient (Wildman–Crippen LogP) is 2.61. The third-order valence-electron chi connectivity index (χ3n) is 5.18. The summed E-state index contributed by atoms with van der Waals surface area (Å²) in [6.45, 7) is 6.66. The maximum atomic E-state index is 12.4. The van der Waals surface area contributed by atoms with Gasteiger partial charge in [-0.1, -0.05) is 0 Å². The molecule has 2 fully saturated rings. The van der Waals surface area contributed by atoms with Gasteiger partial charge >= 0.3 is 6.18 Å². The average Bonchev–Trinajstić information content (AvgIpc) is 2.74. The van der Waals surface area contributed by atoms with Gasteiger partial charge in [0.25, 0.3) is 0 Å². The van der Waals surface area contributed by atoms with Gasteiger partial charge in [-0.2, -0.15) is 13.2 Å². The fourth-order valence-electron chi connectivity index (χ4n) is 3.76. The molecule has 2 rings (SSSR count). The molecule has 0 radical (unpaired) electrons. The van der Waals surface area contributed by atoms with Crippen LogP contribution in [0.15, 0.2) is 0 Å². The third-order valence-corrected chi connectivity index (χ3v) is 5.18. The maximum Gasteiger partial charge on any atom is 0.389 e. The summed E-state index contributed by atoms with van der Waals surface area (Å²) in [7, 11) is 0. The van der Waals surface area contributed by atoms with E-state index in [-0.39, 0.29) is 12.0 Å². The number of hydrogen-bond acceptors (Lipinski definition) is 3. The molecule has 2 N–H and O–H groups in total. The van der Waals surface area contributed by atoms with Gasteiger partial charge in [0.15, 0.2) is 0 Å². The van der Waals surface area contributed by atoms with Crippen LogP contribution in [0.4, 0.5) is 13.2 Å². The second kappa shape index (κ2) is 6.84. The smallest absolute Gasteiger partial charge is 0.329 e. The Morgan fingerprint density at radius 3 is 2.48 bits per heavy atom. The Balaban J connectivity index is 1.94. The fourth-order valence-corrected chi connectivity index (χ4v) is 3.76. The van der Waals surface area contributed by atoms with Crippen molar-refractivity contribution in [3.05, 3.63) is 0 Å². The number of alkyl halides is 3.